The normalized spacial score (nSPS) is 11.8. The molecule has 1 atom stereocenters. The highest BCUT2D eigenvalue weighted by Gasteiger charge is 2.12. The summed E-state index contributed by atoms with van der Waals surface area (Å²) >= 11 is 0. The van der Waals surface area contributed by atoms with Crippen molar-refractivity contribution in [3.05, 3.63) is 59.7 Å². The average Bonchev–Trinajstić information content (AvgIpc) is 2.47. The van der Waals surface area contributed by atoms with E-state index in [1.54, 1.807) is 12.1 Å². The predicted octanol–water partition coefficient (Wildman–Crippen LogP) is 3.53. The van der Waals surface area contributed by atoms with Crippen LogP contribution in [0, 0.1) is 0 Å². The number of hydrogen-bond donors (Lipinski definition) is 3. The average molecular weight is 270 g/mol. The number of carboxylic acid groups (broad SMARTS) is 1. The molecule has 0 aromatic heterocycles. The highest BCUT2D eigenvalue weighted by molar-refractivity contribution is 5.90. The number of benzene rings is 2. The lowest BCUT2D eigenvalue weighted by molar-refractivity contribution is 0.0697. The third-order valence-electron chi connectivity index (χ3n) is 3.24. The van der Waals surface area contributed by atoms with Gasteiger partial charge in [0.2, 0.25) is 0 Å². The summed E-state index contributed by atoms with van der Waals surface area (Å²) in [6, 6.07) is 14.8. The van der Waals surface area contributed by atoms with Gasteiger partial charge in [-0.25, -0.2) is 4.79 Å². The molecule has 4 heteroatoms. The van der Waals surface area contributed by atoms with E-state index in [4.69, 9.17) is 10.8 Å². The van der Waals surface area contributed by atoms with E-state index in [1.165, 1.54) is 6.07 Å². The lowest BCUT2D eigenvalue weighted by atomic mass is 10.0. The molecule has 0 bridgehead atoms. The first-order valence-corrected chi connectivity index (χ1v) is 6.56. The van der Waals surface area contributed by atoms with Crippen molar-refractivity contribution < 1.29 is 9.90 Å². The third kappa shape index (κ3) is 3.09. The van der Waals surface area contributed by atoms with E-state index in [2.05, 4.69) is 12.2 Å². The lowest BCUT2D eigenvalue weighted by Crippen LogP contribution is -2.11. The Kier molecular flexibility index (Phi) is 4.25. The van der Waals surface area contributed by atoms with Gasteiger partial charge in [-0.15, -0.1) is 0 Å². The molecular formula is C16H18N2O2. The van der Waals surface area contributed by atoms with Crippen molar-refractivity contribution in [1.82, 2.24) is 0 Å². The Labute approximate surface area is 118 Å². The molecule has 0 saturated heterocycles. The molecule has 20 heavy (non-hydrogen) atoms. The molecule has 2 aromatic carbocycles. The summed E-state index contributed by atoms with van der Waals surface area (Å²) < 4.78 is 0. The second-order valence-corrected chi connectivity index (χ2v) is 4.62. The molecule has 0 spiro atoms. The van der Waals surface area contributed by atoms with Gasteiger partial charge >= 0.3 is 5.97 Å². The minimum absolute atomic E-state index is 0.0996. The smallest absolute Gasteiger partial charge is 0.335 e. The molecule has 0 heterocycles. The zero-order valence-corrected chi connectivity index (χ0v) is 11.3. The van der Waals surface area contributed by atoms with E-state index in [0.29, 0.717) is 11.4 Å². The quantitative estimate of drug-likeness (QED) is 0.726. The number of nitrogens with one attached hydrogen (secondary N) is 1. The molecule has 0 radical (unpaired) electrons. The van der Waals surface area contributed by atoms with Gasteiger partial charge < -0.3 is 16.2 Å². The van der Waals surface area contributed by atoms with Crippen LogP contribution in [0.25, 0.3) is 0 Å². The van der Waals surface area contributed by atoms with Gasteiger partial charge in [0.15, 0.2) is 0 Å². The van der Waals surface area contributed by atoms with E-state index in [9.17, 15) is 4.79 Å². The first-order chi connectivity index (χ1) is 9.61. The first-order valence-electron chi connectivity index (χ1n) is 6.56. The molecule has 2 rings (SSSR count). The summed E-state index contributed by atoms with van der Waals surface area (Å²) in [4.78, 5) is 11.0. The Morgan fingerprint density at radius 1 is 1.25 bits per heavy atom. The molecule has 1 unspecified atom stereocenters. The van der Waals surface area contributed by atoms with Gasteiger partial charge in [-0.1, -0.05) is 37.3 Å². The number of anilines is 2. The van der Waals surface area contributed by atoms with E-state index in [-0.39, 0.29) is 11.6 Å². The van der Waals surface area contributed by atoms with Crippen LogP contribution in [0.1, 0.15) is 35.3 Å². The van der Waals surface area contributed by atoms with Gasteiger partial charge in [-0.05, 0) is 30.2 Å². The van der Waals surface area contributed by atoms with Gasteiger partial charge in [-0.3, -0.25) is 0 Å². The summed E-state index contributed by atoms with van der Waals surface area (Å²) in [5.41, 5.74) is 8.49. The van der Waals surface area contributed by atoms with Crippen LogP contribution in [-0.2, 0) is 0 Å². The van der Waals surface area contributed by atoms with Crippen LogP contribution in [0.15, 0.2) is 48.5 Å². The van der Waals surface area contributed by atoms with Gasteiger partial charge in [0, 0.05) is 0 Å². The van der Waals surface area contributed by atoms with E-state index < -0.39 is 5.97 Å². The maximum atomic E-state index is 11.0. The van der Waals surface area contributed by atoms with Crippen molar-refractivity contribution in [2.75, 3.05) is 11.1 Å². The van der Waals surface area contributed by atoms with Gasteiger partial charge in [-0.2, -0.15) is 0 Å². The van der Waals surface area contributed by atoms with Crippen LogP contribution < -0.4 is 11.1 Å². The van der Waals surface area contributed by atoms with Crippen molar-refractivity contribution in [1.29, 1.82) is 0 Å². The number of nitrogens with two attached hydrogens (primary N) is 1. The Morgan fingerprint density at radius 2 is 1.95 bits per heavy atom. The van der Waals surface area contributed by atoms with Crippen LogP contribution >= 0.6 is 0 Å². The van der Waals surface area contributed by atoms with Crippen molar-refractivity contribution >= 4 is 17.3 Å². The minimum atomic E-state index is -0.958. The number of nitrogen functional groups attached to an aromatic ring is 1. The number of rotatable bonds is 5. The monoisotopic (exact) mass is 270 g/mol. The Morgan fingerprint density at radius 3 is 2.55 bits per heavy atom. The SMILES string of the molecule is CCC(Nc1cc(C(=O)O)ccc1N)c1ccccc1. The van der Waals surface area contributed by atoms with Gasteiger partial charge in [0.05, 0.1) is 23.0 Å². The highest BCUT2D eigenvalue weighted by Crippen LogP contribution is 2.27. The van der Waals surface area contributed by atoms with E-state index in [1.807, 2.05) is 30.3 Å². The van der Waals surface area contributed by atoms with Crippen molar-refractivity contribution in [3.63, 3.8) is 0 Å². The Bertz CT molecular complexity index is 597. The van der Waals surface area contributed by atoms with Crippen LogP contribution in [0.4, 0.5) is 11.4 Å². The number of hydrogen-bond acceptors (Lipinski definition) is 3. The van der Waals surface area contributed by atoms with E-state index >= 15 is 0 Å². The fourth-order valence-corrected chi connectivity index (χ4v) is 2.11. The molecule has 0 fully saturated rings. The summed E-state index contributed by atoms with van der Waals surface area (Å²) in [6.07, 6.45) is 0.876. The fourth-order valence-electron chi connectivity index (χ4n) is 2.11. The van der Waals surface area contributed by atoms with Crippen LogP contribution in [0.5, 0.6) is 0 Å². The number of carbonyl (C=O) groups is 1. The maximum absolute atomic E-state index is 11.0. The first kappa shape index (κ1) is 13.9. The lowest BCUT2D eigenvalue weighted by Gasteiger charge is -2.20. The molecular weight excluding hydrogens is 252 g/mol. The van der Waals surface area contributed by atoms with Crippen molar-refractivity contribution in [2.45, 2.75) is 19.4 Å². The maximum Gasteiger partial charge on any atom is 0.335 e. The molecule has 0 aliphatic carbocycles. The van der Waals surface area contributed by atoms with Gasteiger partial charge in [0.1, 0.15) is 0 Å². The summed E-state index contributed by atoms with van der Waals surface area (Å²) in [7, 11) is 0. The third-order valence-corrected chi connectivity index (χ3v) is 3.24. The zero-order valence-electron chi connectivity index (χ0n) is 11.3. The molecule has 0 amide bonds. The van der Waals surface area contributed by atoms with Crippen LogP contribution in [-0.4, -0.2) is 11.1 Å². The molecule has 4 nitrogen and oxygen atoms in total. The molecule has 0 aliphatic rings. The Balaban J connectivity index is 2.28. The predicted molar refractivity (Wildman–Crippen MR) is 80.9 cm³/mol. The second kappa shape index (κ2) is 6.10. The minimum Gasteiger partial charge on any atom is -0.478 e. The number of aromatic carboxylic acids is 1. The van der Waals surface area contributed by atoms with Gasteiger partial charge in [0.25, 0.3) is 0 Å². The summed E-state index contributed by atoms with van der Waals surface area (Å²) in [5, 5.41) is 12.4. The molecule has 104 valence electrons. The van der Waals surface area contributed by atoms with Crippen LogP contribution in [0.3, 0.4) is 0 Å². The molecule has 2 aromatic rings. The topological polar surface area (TPSA) is 75.3 Å². The summed E-state index contributed by atoms with van der Waals surface area (Å²) in [6.45, 7) is 2.07. The largest absolute Gasteiger partial charge is 0.478 e. The molecule has 4 N–H and O–H groups in total. The molecule has 0 saturated carbocycles. The molecule has 0 aliphatic heterocycles. The van der Waals surface area contributed by atoms with E-state index in [0.717, 1.165) is 12.0 Å². The number of carboxylic acids is 1. The Hall–Kier alpha value is -2.49. The van der Waals surface area contributed by atoms with Crippen molar-refractivity contribution in [3.8, 4) is 0 Å². The zero-order chi connectivity index (χ0) is 14.5. The highest BCUT2D eigenvalue weighted by atomic mass is 16.4. The van der Waals surface area contributed by atoms with Crippen molar-refractivity contribution in [2.24, 2.45) is 0 Å². The fraction of sp³-hybridized carbons (Fsp3) is 0.188. The summed E-state index contributed by atoms with van der Waals surface area (Å²) in [5.74, 6) is -0.958. The standard InChI is InChI=1S/C16H18N2O2/c1-2-14(11-6-4-3-5-7-11)18-15-10-12(16(19)20)8-9-13(15)17/h3-10,14,18H,2,17H2,1H3,(H,19,20). The second-order valence-electron chi connectivity index (χ2n) is 4.62. The van der Waals surface area contributed by atoms with Crippen LogP contribution in [0.2, 0.25) is 0 Å².